The van der Waals surface area contributed by atoms with Crippen LogP contribution in [-0.2, 0) is 0 Å². The van der Waals surface area contributed by atoms with Crippen molar-refractivity contribution >= 4 is 23.4 Å². The Labute approximate surface area is 178 Å². The first-order valence-electron chi connectivity index (χ1n) is 9.87. The highest BCUT2D eigenvalue weighted by atomic mass is 35.5. The lowest BCUT2D eigenvalue weighted by Crippen LogP contribution is -2.56. The molecular weight excluding hydrogens is 386 g/mol. The number of nitrogens with zero attached hydrogens (tertiary/aromatic N) is 2. The predicted molar refractivity (Wildman–Crippen MR) is 117 cm³/mol. The van der Waals surface area contributed by atoms with E-state index < -0.39 is 0 Å². The number of pyridine rings is 1. The number of hydrogen-bond donors (Lipinski definition) is 1. The first-order chi connectivity index (χ1) is 13.5. The Bertz CT molecular complexity index is 852. The number of rotatable bonds is 5. The maximum atomic E-state index is 13.3. The summed E-state index contributed by atoms with van der Waals surface area (Å²) in [4.78, 5) is 30.4. The van der Waals surface area contributed by atoms with Crippen molar-refractivity contribution in [1.82, 2.24) is 15.4 Å². The lowest BCUT2D eigenvalue weighted by atomic mass is 9.83. The van der Waals surface area contributed by atoms with Crippen LogP contribution in [0.1, 0.15) is 72.4 Å². The van der Waals surface area contributed by atoms with Crippen molar-refractivity contribution in [2.45, 2.75) is 60.4 Å². The Kier molecular flexibility index (Phi) is 7.42. The summed E-state index contributed by atoms with van der Waals surface area (Å²) >= 11 is 5.87. The van der Waals surface area contributed by atoms with E-state index in [1.54, 1.807) is 12.1 Å². The normalized spacial score (nSPS) is 12.4. The number of amides is 2. The first kappa shape index (κ1) is 22.9. The van der Waals surface area contributed by atoms with E-state index in [0.717, 1.165) is 24.0 Å². The van der Waals surface area contributed by atoms with Gasteiger partial charge in [0.25, 0.3) is 11.8 Å². The summed E-state index contributed by atoms with van der Waals surface area (Å²) in [5, 5.41) is 1.78. The molecule has 1 N–H and O–H groups in total. The summed E-state index contributed by atoms with van der Waals surface area (Å²) < 4.78 is 0. The van der Waals surface area contributed by atoms with Gasteiger partial charge in [0.2, 0.25) is 0 Å². The van der Waals surface area contributed by atoms with Gasteiger partial charge in [0.15, 0.2) is 0 Å². The minimum absolute atomic E-state index is 0.189. The highest BCUT2D eigenvalue weighted by molar-refractivity contribution is 6.29. The van der Waals surface area contributed by atoms with E-state index in [1.807, 2.05) is 32.0 Å². The number of hydrazine groups is 1. The molecule has 0 spiro atoms. The Morgan fingerprint density at radius 3 is 2.21 bits per heavy atom. The molecule has 5 nitrogen and oxygen atoms in total. The Hall–Kier alpha value is -2.40. The van der Waals surface area contributed by atoms with Crippen LogP contribution in [0, 0.1) is 19.3 Å². The standard InChI is InChI=1S/C23H30ClN3O2/c1-7-8-19(23(4,5)6)27(22(29)17-9-10-20(24)25-14-17)26-21(28)18-12-15(2)11-16(3)13-18/h9-14,19H,7-8H2,1-6H3,(H,26,28)/t19-/m1/s1. The van der Waals surface area contributed by atoms with Gasteiger partial charge in [-0.15, -0.1) is 0 Å². The van der Waals surface area contributed by atoms with Gasteiger partial charge in [-0.1, -0.05) is 62.9 Å². The largest absolute Gasteiger partial charge is 0.274 e. The third-order valence-corrected chi connectivity index (χ3v) is 5.00. The van der Waals surface area contributed by atoms with Crippen molar-refractivity contribution in [2.75, 3.05) is 0 Å². The number of halogens is 1. The SMILES string of the molecule is CCC[C@@H](N(NC(=O)c1cc(C)cc(C)c1)C(=O)c1ccc(Cl)nc1)C(C)(C)C. The third-order valence-electron chi connectivity index (χ3n) is 4.77. The lowest BCUT2D eigenvalue weighted by Gasteiger charge is -2.40. The molecule has 2 rings (SSSR count). The number of carbonyl (C=O) groups is 2. The van der Waals surface area contributed by atoms with Gasteiger partial charge >= 0.3 is 0 Å². The molecule has 6 heteroatoms. The second-order valence-corrected chi connectivity index (χ2v) is 8.92. The molecule has 1 atom stereocenters. The molecule has 156 valence electrons. The average Bonchev–Trinajstić information content (AvgIpc) is 2.62. The minimum atomic E-state index is -0.308. The second-order valence-electron chi connectivity index (χ2n) is 8.53. The molecular formula is C23H30ClN3O2. The lowest BCUT2D eigenvalue weighted by molar-refractivity contribution is 0.0270. The van der Waals surface area contributed by atoms with Crippen molar-refractivity contribution in [3.63, 3.8) is 0 Å². The van der Waals surface area contributed by atoms with Crippen molar-refractivity contribution in [3.05, 3.63) is 63.9 Å². The van der Waals surface area contributed by atoms with E-state index >= 15 is 0 Å². The zero-order valence-electron chi connectivity index (χ0n) is 18.0. The number of hydrogen-bond acceptors (Lipinski definition) is 3. The summed E-state index contributed by atoms with van der Waals surface area (Å²) in [6, 6.07) is 8.66. The Morgan fingerprint density at radius 2 is 1.72 bits per heavy atom. The van der Waals surface area contributed by atoms with Crippen molar-refractivity contribution in [1.29, 1.82) is 0 Å². The van der Waals surface area contributed by atoms with Crippen molar-refractivity contribution in [3.8, 4) is 0 Å². The highest BCUT2D eigenvalue weighted by Crippen LogP contribution is 2.28. The molecule has 29 heavy (non-hydrogen) atoms. The van der Waals surface area contributed by atoms with E-state index in [1.165, 1.54) is 11.2 Å². The molecule has 0 radical (unpaired) electrons. The summed E-state index contributed by atoms with van der Waals surface area (Å²) in [5.41, 5.74) is 5.54. The smallest absolute Gasteiger partial charge is 0.267 e. The van der Waals surface area contributed by atoms with Crippen molar-refractivity contribution < 1.29 is 9.59 Å². The number of aromatic nitrogens is 1. The van der Waals surface area contributed by atoms with Crippen LogP contribution in [0.25, 0.3) is 0 Å². The number of benzene rings is 1. The summed E-state index contributed by atoms with van der Waals surface area (Å²) in [5.74, 6) is -0.613. The number of aryl methyl sites for hydroxylation is 2. The minimum Gasteiger partial charge on any atom is -0.267 e. The fourth-order valence-electron chi connectivity index (χ4n) is 3.41. The van der Waals surface area contributed by atoms with Crippen molar-refractivity contribution in [2.24, 2.45) is 5.41 Å². The monoisotopic (exact) mass is 415 g/mol. The van der Waals surface area contributed by atoms with E-state index in [2.05, 4.69) is 38.1 Å². The van der Waals surface area contributed by atoms with Crippen LogP contribution in [-0.4, -0.2) is 27.8 Å². The van der Waals surface area contributed by atoms with Crippen LogP contribution in [0.5, 0.6) is 0 Å². The molecule has 1 heterocycles. The van der Waals surface area contributed by atoms with Gasteiger partial charge in [0.05, 0.1) is 11.6 Å². The van der Waals surface area contributed by atoms with Gasteiger partial charge in [-0.25, -0.2) is 9.99 Å². The average molecular weight is 416 g/mol. The van der Waals surface area contributed by atoms with Crippen LogP contribution in [0.4, 0.5) is 0 Å². The molecule has 2 amide bonds. The summed E-state index contributed by atoms with van der Waals surface area (Å²) in [6.07, 6.45) is 3.07. The molecule has 0 saturated heterocycles. The Morgan fingerprint density at radius 1 is 1.10 bits per heavy atom. The van der Waals surface area contributed by atoms with Crippen LogP contribution < -0.4 is 5.43 Å². The van der Waals surface area contributed by atoms with Gasteiger partial charge in [-0.05, 0) is 49.9 Å². The quantitative estimate of drug-likeness (QED) is 0.528. The van der Waals surface area contributed by atoms with Gasteiger partial charge < -0.3 is 0 Å². The molecule has 0 aliphatic carbocycles. The van der Waals surface area contributed by atoms with E-state index in [0.29, 0.717) is 16.3 Å². The maximum Gasteiger partial charge on any atom is 0.274 e. The molecule has 0 saturated carbocycles. The third kappa shape index (κ3) is 6.04. The highest BCUT2D eigenvalue weighted by Gasteiger charge is 2.35. The first-order valence-corrected chi connectivity index (χ1v) is 10.2. The Balaban J connectivity index is 2.43. The fourth-order valence-corrected chi connectivity index (χ4v) is 3.53. The van der Waals surface area contributed by atoms with Gasteiger partial charge in [-0.3, -0.25) is 15.0 Å². The number of nitrogens with one attached hydrogen (secondary N) is 1. The molecule has 0 fully saturated rings. The van der Waals surface area contributed by atoms with Crippen LogP contribution in [0.3, 0.4) is 0 Å². The molecule has 1 aromatic carbocycles. The molecule has 1 aromatic heterocycles. The van der Waals surface area contributed by atoms with Gasteiger partial charge in [0, 0.05) is 11.8 Å². The van der Waals surface area contributed by atoms with Gasteiger partial charge in [0.1, 0.15) is 5.15 Å². The maximum absolute atomic E-state index is 13.3. The molecule has 2 aromatic rings. The molecule has 0 bridgehead atoms. The second kappa shape index (κ2) is 9.40. The van der Waals surface area contributed by atoms with Gasteiger partial charge in [-0.2, -0.15) is 0 Å². The number of carbonyl (C=O) groups excluding carboxylic acids is 2. The van der Waals surface area contributed by atoms with Crippen LogP contribution in [0.15, 0.2) is 36.5 Å². The molecule has 0 aliphatic rings. The topological polar surface area (TPSA) is 62.3 Å². The van der Waals surface area contributed by atoms with Crippen LogP contribution >= 0.6 is 11.6 Å². The van der Waals surface area contributed by atoms with E-state index in [4.69, 9.17) is 11.6 Å². The zero-order valence-corrected chi connectivity index (χ0v) is 18.8. The zero-order chi connectivity index (χ0) is 21.8. The molecule has 0 unspecified atom stereocenters. The molecule has 0 aliphatic heterocycles. The summed E-state index contributed by atoms with van der Waals surface area (Å²) in [6.45, 7) is 12.2. The predicted octanol–water partition coefficient (Wildman–Crippen LogP) is 5.35. The van der Waals surface area contributed by atoms with E-state index in [-0.39, 0.29) is 23.3 Å². The van der Waals surface area contributed by atoms with E-state index in [9.17, 15) is 9.59 Å². The fraction of sp³-hybridized carbons (Fsp3) is 0.435. The summed E-state index contributed by atoms with van der Waals surface area (Å²) in [7, 11) is 0. The van der Waals surface area contributed by atoms with Crippen LogP contribution in [0.2, 0.25) is 5.15 Å².